The molecule has 5 amide bonds. The molecule has 2 fully saturated rings. The van der Waals surface area contributed by atoms with Gasteiger partial charge in [0, 0.05) is 69.2 Å². The van der Waals surface area contributed by atoms with Crippen molar-refractivity contribution in [3.63, 3.8) is 0 Å². The number of aliphatic carboxylic acids is 1. The van der Waals surface area contributed by atoms with E-state index in [1.165, 1.54) is 21.7 Å². The highest BCUT2D eigenvalue weighted by atomic mass is 35.5. The van der Waals surface area contributed by atoms with Gasteiger partial charge in [-0.25, -0.2) is 14.4 Å². The van der Waals surface area contributed by atoms with E-state index in [0.717, 1.165) is 5.56 Å². The van der Waals surface area contributed by atoms with Gasteiger partial charge in [-0.05, 0) is 138 Å². The Balaban J connectivity index is 0.000000217. The standard InChI is InChI=1S/C37H38ClN5O7.C24H23ClN4O4.C13H17NO4/c1-37(2,3)50-36(48)40-33(25-7-5-4-6-8-25)35(47)43-18-20-49-23-30(43)34(46)39-28-14-10-24(11-15-28)9-12-26-22-42(17-19-44)41-32(26)29-21-27(38)13-16-31(29)45;25-18-5-8-22(31)20(13-18)23-17(14-29(28-23)10-11-30)4-1-16-2-6-19(7-3-16)27-24(32)21-15-33-12-9-26-21;1-13(2,3)18-12(17)14-10(11(15)16)9-7-5-4-6-8-9/h4-8,10-11,13-16,21-22,30,33,44-45H,17-20,23H2,1-3H3,(H,39,46)(H,40,48);2-3,5-8,13-14,21,26,30-31H,9-12,15H2,(H,27,32);4-8,10H,1-3H3,(H,14,17)(H,15,16)/t30-,33+;21-;10-/m001/s1. The van der Waals surface area contributed by atoms with E-state index in [2.05, 4.69) is 60.5 Å². The lowest BCUT2D eigenvalue weighted by Gasteiger charge is -2.37. The van der Waals surface area contributed by atoms with Crippen LogP contribution in [0, 0.1) is 23.7 Å². The second-order valence-electron chi connectivity index (χ2n) is 24.7. The van der Waals surface area contributed by atoms with E-state index in [1.54, 1.807) is 180 Å². The molecular weight excluding hydrogens is 1340 g/mol. The van der Waals surface area contributed by atoms with E-state index >= 15 is 0 Å². The van der Waals surface area contributed by atoms with Crippen molar-refractivity contribution in [3.8, 4) is 57.7 Å². The highest BCUT2D eigenvalue weighted by molar-refractivity contribution is 6.31. The minimum atomic E-state index is -1.13. The number of aliphatic hydroxyl groups is 2. The maximum atomic E-state index is 14.0. The molecule has 2 aromatic heterocycles. The number of anilines is 2. The van der Waals surface area contributed by atoms with Crippen LogP contribution in [0.1, 0.15) is 87.0 Å². The number of carboxylic acid groups (broad SMARTS) is 1. The van der Waals surface area contributed by atoms with E-state index in [-0.39, 0.29) is 63.0 Å². The van der Waals surface area contributed by atoms with Gasteiger partial charge in [-0.3, -0.25) is 23.7 Å². The molecule has 0 saturated carbocycles. The van der Waals surface area contributed by atoms with Gasteiger partial charge < -0.3 is 76.0 Å². The summed E-state index contributed by atoms with van der Waals surface area (Å²) < 4.78 is 24.5. The molecule has 10 N–H and O–H groups in total. The van der Waals surface area contributed by atoms with Gasteiger partial charge >= 0.3 is 18.2 Å². The van der Waals surface area contributed by atoms with E-state index in [9.17, 15) is 49.2 Å². The average molecular weight is 1420 g/mol. The molecule has 0 spiro atoms. The number of morpholine rings is 2. The number of ether oxygens (including phenoxy) is 4. The number of hydrogen-bond acceptors (Lipinski definition) is 17. The molecule has 8 aromatic rings. The number of amides is 5. The predicted molar refractivity (Wildman–Crippen MR) is 379 cm³/mol. The van der Waals surface area contributed by atoms with Gasteiger partial charge in [0.15, 0.2) is 6.04 Å². The van der Waals surface area contributed by atoms with E-state index in [1.807, 2.05) is 12.1 Å². The molecule has 10 rings (SSSR count). The van der Waals surface area contributed by atoms with E-state index in [4.69, 9.17) is 47.3 Å². The van der Waals surface area contributed by atoms with Crippen molar-refractivity contribution in [1.82, 2.24) is 40.4 Å². The van der Waals surface area contributed by atoms with Gasteiger partial charge in [-0.15, -0.1) is 0 Å². The summed E-state index contributed by atoms with van der Waals surface area (Å²) >= 11 is 12.3. The van der Waals surface area contributed by atoms with Crippen LogP contribution < -0.4 is 26.6 Å². The van der Waals surface area contributed by atoms with Crippen LogP contribution in [0.2, 0.25) is 10.0 Å². The lowest BCUT2D eigenvalue weighted by Crippen LogP contribution is -2.57. The first-order chi connectivity index (χ1) is 48.2. The largest absolute Gasteiger partial charge is 0.507 e. The Labute approximate surface area is 593 Å². The summed E-state index contributed by atoms with van der Waals surface area (Å²) in [4.78, 5) is 76.6. The number of rotatable bonds is 16. The van der Waals surface area contributed by atoms with Gasteiger partial charge in [0.25, 0.3) is 5.91 Å². The zero-order valence-corrected chi connectivity index (χ0v) is 57.7. The predicted octanol–water partition coefficient (Wildman–Crippen LogP) is 9.30. The van der Waals surface area contributed by atoms with E-state index in [0.29, 0.717) is 98.1 Å². The van der Waals surface area contributed by atoms with Crippen molar-refractivity contribution < 1.29 is 73.2 Å². The number of alkyl carbamates (subject to hydrolysis) is 2. The van der Waals surface area contributed by atoms with Crippen molar-refractivity contribution >= 4 is 70.5 Å². The Bertz CT molecular complexity index is 4300. The molecule has 6 aromatic carbocycles. The first kappa shape index (κ1) is 76.0. The van der Waals surface area contributed by atoms with Crippen molar-refractivity contribution in [1.29, 1.82) is 0 Å². The van der Waals surface area contributed by atoms with Crippen molar-refractivity contribution in [2.75, 3.05) is 63.4 Å². The maximum Gasteiger partial charge on any atom is 0.408 e. The second-order valence-corrected chi connectivity index (χ2v) is 25.6. The third kappa shape index (κ3) is 22.9. The fraction of sp³-hybridized carbons (Fsp3) is 0.297. The highest BCUT2D eigenvalue weighted by Crippen LogP contribution is 2.35. The summed E-state index contributed by atoms with van der Waals surface area (Å²) in [6.07, 6.45) is 1.89. The topological polar surface area (TPSA) is 340 Å². The average Bonchev–Trinajstić information content (AvgIpc) is 1.75. The van der Waals surface area contributed by atoms with Crippen LogP contribution in [0.15, 0.2) is 158 Å². The molecule has 0 aliphatic carbocycles. The number of nitrogens with zero attached hydrogens (tertiary/aromatic N) is 5. The Kier molecular flexibility index (Phi) is 27.0. The summed E-state index contributed by atoms with van der Waals surface area (Å²) in [5.74, 6) is 10.1. The van der Waals surface area contributed by atoms with Crippen LogP contribution in [0.3, 0.4) is 0 Å². The molecule has 2 aliphatic rings. The molecular formula is C74H78Cl2N10O15. The molecule has 0 unspecified atom stereocenters. The minimum absolute atomic E-state index is 0.00897. The summed E-state index contributed by atoms with van der Waals surface area (Å²) in [7, 11) is 0. The van der Waals surface area contributed by atoms with Gasteiger partial charge in [0.2, 0.25) is 11.8 Å². The van der Waals surface area contributed by atoms with Crippen molar-refractivity contribution in [3.05, 3.63) is 201 Å². The zero-order valence-electron chi connectivity index (χ0n) is 56.2. The number of phenols is 2. The monoisotopic (exact) mass is 1420 g/mol. The van der Waals surface area contributed by atoms with E-state index < -0.39 is 59.3 Å². The van der Waals surface area contributed by atoms with Crippen molar-refractivity contribution in [2.45, 2.75) is 90.0 Å². The summed E-state index contributed by atoms with van der Waals surface area (Å²) in [5, 5.41) is 72.1. The summed E-state index contributed by atoms with van der Waals surface area (Å²) in [6.45, 7) is 12.6. The molecule has 528 valence electrons. The lowest BCUT2D eigenvalue weighted by atomic mass is 10.0. The number of aromatic nitrogens is 4. The number of aliphatic hydroxyl groups excluding tert-OH is 2. The SMILES string of the molecule is CC(C)(C)OC(=O)N[C@@H](C(=O)N1CCOC[C@H]1C(=O)Nc1ccc(C#Cc2cn(CCO)nc2-c2cc(Cl)ccc2O)cc1)c1ccccc1.CC(C)(C)OC(=O)N[C@@H](C(=O)O)c1ccccc1.O=C(Nc1ccc(C#Cc2cn(CCO)nc2-c2cc(Cl)ccc2O)cc1)[C@@H]1COCCN1. The minimum Gasteiger partial charge on any atom is -0.507 e. The summed E-state index contributed by atoms with van der Waals surface area (Å²) in [5.41, 5.74) is 4.98. The fourth-order valence-corrected chi connectivity index (χ4v) is 10.3. The Morgan fingerprint density at radius 2 is 1.04 bits per heavy atom. The number of benzene rings is 6. The summed E-state index contributed by atoms with van der Waals surface area (Å²) in [6, 6.07) is 37.1. The number of hydrogen-bond donors (Lipinski definition) is 10. The number of carbonyl (C=O) groups is 6. The molecule has 101 heavy (non-hydrogen) atoms. The van der Waals surface area contributed by atoms with Gasteiger partial charge in [0.1, 0.15) is 52.2 Å². The quantitative estimate of drug-likeness (QED) is 0.0403. The zero-order chi connectivity index (χ0) is 72.8. The first-order valence-electron chi connectivity index (χ1n) is 32.0. The van der Waals surface area contributed by atoms with Gasteiger partial charge in [0.05, 0.1) is 63.9 Å². The third-order valence-corrected chi connectivity index (χ3v) is 15.1. The highest BCUT2D eigenvalue weighted by Gasteiger charge is 2.38. The van der Waals surface area contributed by atoms with Crippen molar-refractivity contribution in [2.24, 2.45) is 0 Å². The number of nitrogens with one attached hydrogen (secondary N) is 5. The third-order valence-electron chi connectivity index (χ3n) is 14.6. The first-order valence-corrected chi connectivity index (χ1v) is 32.7. The normalized spacial score (nSPS) is 14.7. The molecule has 4 atom stereocenters. The fourth-order valence-electron chi connectivity index (χ4n) is 9.96. The van der Waals surface area contributed by atoms with Crippen LogP contribution in [0.4, 0.5) is 21.0 Å². The second kappa shape index (κ2) is 35.9. The molecule has 25 nitrogen and oxygen atoms in total. The lowest BCUT2D eigenvalue weighted by molar-refractivity contribution is -0.148. The van der Waals surface area contributed by atoms with Crippen LogP contribution in [-0.2, 0) is 51.2 Å². The molecule has 4 heterocycles. The Morgan fingerprint density at radius 3 is 1.48 bits per heavy atom. The number of carboxylic acids is 1. The smallest absolute Gasteiger partial charge is 0.408 e. The molecule has 2 aliphatic heterocycles. The maximum absolute atomic E-state index is 14.0. The van der Waals surface area contributed by atoms with Crippen LogP contribution in [0.25, 0.3) is 22.5 Å². The van der Waals surface area contributed by atoms with Gasteiger partial charge in [-0.2, -0.15) is 10.2 Å². The van der Waals surface area contributed by atoms with Gasteiger partial charge in [-0.1, -0.05) is 108 Å². The Morgan fingerprint density at radius 1 is 0.594 bits per heavy atom. The van der Waals surface area contributed by atoms with Crippen LogP contribution >= 0.6 is 23.2 Å². The number of aromatic hydroxyl groups is 2. The Hall–Kier alpha value is -10.7. The molecule has 0 bridgehead atoms. The number of carbonyl (C=O) groups excluding carboxylic acids is 5. The van der Waals surface area contributed by atoms with Crippen LogP contribution in [0.5, 0.6) is 11.5 Å². The molecule has 27 heteroatoms. The molecule has 2 saturated heterocycles. The number of phenolic OH excluding ortho intramolecular Hbond substituents is 2. The number of halogens is 2. The van der Waals surface area contributed by atoms with Crippen LogP contribution in [-0.4, -0.2) is 162 Å². The molecule has 0 radical (unpaired) electrons.